The van der Waals surface area contributed by atoms with Gasteiger partial charge in [-0.15, -0.1) is 0 Å². The summed E-state index contributed by atoms with van der Waals surface area (Å²) in [5.41, 5.74) is 0.160. The standard InChI is InChI=1S/C16H17F2N3O3/c1-20-15(24-2)7-13(19-20)16(23)21-8-10(22)6-14(21)11-5-9(17)3-4-12(11)18/h3-5,7,10,14,22H,6,8H2,1-2H3/t10-,14-/m1/s1. The topological polar surface area (TPSA) is 67.6 Å². The number of halogens is 2. The molecule has 2 heterocycles. The Balaban J connectivity index is 1.95. The van der Waals surface area contributed by atoms with E-state index >= 15 is 0 Å². The van der Waals surface area contributed by atoms with E-state index in [9.17, 15) is 18.7 Å². The van der Waals surface area contributed by atoms with Crippen LogP contribution in [0, 0.1) is 11.6 Å². The molecule has 1 amide bonds. The third-order valence-electron chi connectivity index (χ3n) is 4.12. The van der Waals surface area contributed by atoms with Gasteiger partial charge in [-0.25, -0.2) is 13.5 Å². The van der Waals surface area contributed by atoms with Crippen molar-refractivity contribution in [3.63, 3.8) is 0 Å². The van der Waals surface area contributed by atoms with E-state index in [1.165, 1.54) is 22.8 Å². The van der Waals surface area contributed by atoms with E-state index in [4.69, 9.17) is 4.74 Å². The number of hydrogen-bond acceptors (Lipinski definition) is 4. The molecular formula is C16H17F2N3O3. The Morgan fingerprint density at radius 3 is 2.79 bits per heavy atom. The predicted octanol–water partition coefficient (Wildman–Crippen LogP) is 1.66. The van der Waals surface area contributed by atoms with Gasteiger partial charge in [-0.1, -0.05) is 0 Å². The lowest BCUT2D eigenvalue weighted by atomic mass is 10.0. The first-order valence-corrected chi connectivity index (χ1v) is 7.42. The van der Waals surface area contributed by atoms with Crippen molar-refractivity contribution in [1.29, 1.82) is 0 Å². The summed E-state index contributed by atoms with van der Waals surface area (Å²) < 4.78 is 34.0. The summed E-state index contributed by atoms with van der Waals surface area (Å²) >= 11 is 0. The van der Waals surface area contributed by atoms with Crippen LogP contribution in [0.2, 0.25) is 0 Å². The molecule has 2 aromatic rings. The molecule has 0 saturated carbocycles. The number of benzene rings is 1. The summed E-state index contributed by atoms with van der Waals surface area (Å²) in [6.45, 7) is 0.0261. The van der Waals surface area contributed by atoms with Gasteiger partial charge in [0.15, 0.2) is 5.69 Å². The van der Waals surface area contributed by atoms with Crippen molar-refractivity contribution in [2.24, 2.45) is 7.05 Å². The minimum absolute atomic E-state index is 0.0261. The van der Waals surface area contributed by atoms with E-state index < -0.39 is 29.7 Å². The third kappa shape index (κ3) is 2.84. The molecule has 0 spiro atoms. The molecule has 1 aliphatic heterocycles. The Morgan fingerprint density at radius 2 is 2.12 bits per heavy atom. The minimum Gasteiger partial charge on any atom is -0.481 e. The fourth-order valence-corrected chi connectivity index (χ4v) is 3.00. The largest absolute Gasteiger partial charge is 0.481 e. The molecule has 24 heavy (non-hydrogen) atoms. The summed E-state index contributed by atoms with van der Waals surface area (Å²) in [5, 5.41) is 14.0. The zero-order valence-corrected chi connectivity index (χ0v) is 13.2. The summed E-state index contributed by atoms with van der Waals surface area (Å²) in [6, 6.07) is 3.79. The number of aliphatic hydroxyl groups is 1. The first-order chi connectivity index (χ1) is 11.4. The van der Waals surface area contributed by atoms with Gasteiger partial charge in [0.2, 0.25) is 5.88 Å². The van der Waals surface area contributed by atoms with Gasteiger partial charge in [0, 0.05) is 25.2 Å². The maximum Gasteiger partial charge on any atom is 0.275 e. The first kappa shape index (κ1) is 16.4. The van der Waals surface area contributed by atoms with Crippen LogP contribution in [-0.4, -0.2) is 45.5 Å². The number of aliphatic hydroxyl groups excluding tert-OH is 1. The zero-order valence-electron chi connectivity index (χ0n) is 13.2. The lowest BCUT2D eigenvalue weighted by molar-refractivity contribution is 0.0707. The molecule has 6 nitrogen and oxygen atoms in total. The van der Waals surface area contributed by atoms with Crippen molar-refractivity contribution in [3.8, 4) is 5.88 Å². The third-order valence-corrected chi connectivity index (χ3v) is 4.12. The van der Waals surface area contributed by atoms with Gasteiger partial charge in [0.05, 0.1) is 19.3 Å². The fraction of sp³-hybridized carbons (Fsp3) is 0.375. The van der Waals surface area contributed by atoms with Crippen molar-refractivity contribution in [2.75, 3.05) is 13.7 Å². The number of β-amino-alcohol motifs (C(OH)–C–C–N with tert-alkyl or cyclic N) is 1. The van der Waals surface area contributed by atoms with Gasteiger partial charge < -0.3 is 14.7 Å². The summed E-state index contributed by atoms with van der Waals surface area (Å²) in [5.74, 6) is -1.29. The summed E-state index contributed by atoms with van der Waals surface area (Å²) in [6.07, 6.45) is -0.678. The van der Waals surface area contributed by atoms with Gasteiger partial charge in [-0.2, -0.15) is 5.10 Å². The Labute approximate surface area is 137 Å². The quantitative estimate of drug-likeness (QED) is 0.925. The monoisotopic (exact) mass is 337 g/mol. The number of amides is 1. The van der Waals surface area contributed by atoms with Gasteiger partial charge >= 0.3 is 0 Å². The van der Waals surface area contributed by atoms with Crippen LogP contribution in [0.4, 0.5) is 8.78 Å². The average Bonchev–Trinajstić information content (AvgIpc) is 3.11. The van der Waals surface area contributed by atoms with Gasteiger partial charge in [0.25, 0.3) is 5.91 Å². The molecule has 0 aliphatic carbocycles. The van der Waals surface area contributed by atoms with Gasteiger partial charge in [-0.05, 0) is 24.6 Å². The van der Waals surface area contributed by atoms with Crippen molar-refractivity contribution in [2.45, 2.75) is 18.6 Å². The van der Waals surface area contributed by atoms with E-state index in [1.54, 1.807) is 7.05 Å². The molecule has 1 aromatic heterocycles. The van der Waals surface area contributed by atoms with Crippen molar-refractivity contribution < 1.29 is 23.4 Å². The van der Waals surface area contributed by atoms with Crippen LogP contribution >= 0.6 is 0 Å². The predicted molar refractivity (Wildman–Crippen MR) is 80.5 cm³/mol. The molecule has 1 N–H and O–H groups in total. The van der Waals surface area contributed by atoms with Crippen LogP contribution in [-0.2, 0) is 7.05 Å². The smallest absolute Gasteiger partial charge is 0.275 e. The number of hydrogen-bond donors (Lipinski definition) is 1. The second-order valence-corrected chi connectivity index (χ2v) is 5.72. The molecule has 2 atom stereocenters. The fourth-order valence-electron chi connectivity index (χ4n) is 3.00. The van der Waals surface area contributed by atoms with Gasteiger partial charge in [-0.3, -0.25) is 4.79 Å². The van der Waals surface area contributed by atoms with Crippen LogP contribution in [0.1, 0.15) is 28.5 Å². The number of nitrogens with zero attached hydrogens (tertiary/aromatic N) is 3. The second kappa shape index (κ2) is 6.20. The molecular weight excluding hydrogens is 320 g/mol. The van der Waals surface area contributed by atoms with Crippen LogP contribution in [0.15, 0.2) is 24.3 Å². The maximum absolute atomic E-state index is 14.1. The van der Waals surface area contributed by atoms with Crippen molar-refractivity contribution >= 4 is 5.91 Å². The zero-order chi connectivity index (χ0) is 17.4. The molecule has 1 saturated heterocycles. The van der Waals surface area contributed by atoms with E-state index in [1.807, 2.05) is 0 Å². The minimum atomic E-state index is -0.813. The molecule has 1 aromatic carbocycles. The SMILES string of the molecule is COc1cc(C(=O)N2C[C@H](O)C[C@@H]2c2cc(F)ccc2F)nn1C. The second-order valence-electron chi connectivity index (χ2n) is 5.72. The molecule has 3 rings (SSSR count). The highest BCUT2D eigenvalue weighted by atomic mass is 19.1. The van der Waals surface area contributed by atoms with Crippen LogP contribution in [0.3, 0.4) is 0 Å². The van der Waals surface area contributed by atoms with Crippen molar-refractivity contribution in [1.82, 2.24) is 14.7 Å². The highest BCUT2D eigenvalue weighted by Crippen LogP contribution is 2.35. The number of aryl methyl sites for hydroxylation is 1. The Hall–Kier alpha value is -2.48. The van der Waals surface area contributed by atoms with Crippen LogP contribution in [0.5, 0.6) is 5.88 Å². The Bertz CT molecular complexity index is 778. The summed E-state index contributed by atoms with van der Waals surface area (Å²) in [4.78, 5) is 14.0. The average molecular weight is 337 g/mol. The normalized spacial score (nSPS) is 20.5. The lowest BCUT2D eigenvalue weighted by Gasteiger charge is -2.24. The van der Waals surface area contributed by atoms with Gasteiger partial charge in [0.1, 0.15) is 11.6 Å². The number of carbonyl (C=O) groups excluding carboxylic acids is 1. The summed E-state index contributed by atoms with van der Waals surface area (Å²) in [7, 11) is 3.08. The number of rotatable bonds is 3. The molecule has 8 heteroatoms. The Kier molecular flexibility index (Phi) is 4.23. The molecule has 128 valence electrons. The number of ether oxygens (including phenoxy) is 1. The number of aromatic nitrogens is 2. The molecule has 0 radical (unpaired) electrons. The first-order valence-electron chi connectivity index (χ1n) is 7.42. The van der Waals surface area contributed by atoms with Crippen LogP contribution < -0.4 is 4.74 Å². The molecule has 1 aliphatic rings. The highest BCUT2D eigenvalue weighted by molar-refractivity contribution is 5.93. The van der Waals surface area contributed by atoms with E-state index in [0.717, 1.165) is 18.2 Å². The van der Waals surface area contributed by atoms with E-state index in [-0.39, 0.29) is 24.2 Å². The van der Waals surface area contributed by atoms with E-state index in [0.29, 0.717) is 5.88 Å². The van der Waals surface area contributed by atoms with Crippen molar-refractivity contribution in [3.05, 3.63) is 47.2 Å². The maximum atomic E-state index is 14.1. The lowest BCUT2D eigenvalue weighted by Crippen LogP contribution is -2.32. The molecule has 1 fully saturated rings. The van der Waals surface area contributed by atoms with Crippen LogP contribution in [0.25, 0.3) is 0 Å². The van der Waals surface area contributed by atoms with E-state index in [2.05, 4.69) is 5.10 Å². The number of likely N-dealkylation sites (tertiary alicyclic amines) is 1. The number of carbonyl (C=O) groups is 1. The molecule has 0 bridgehead atoms. The highest BCUT2D eigenvalue weighted by Gasteiger charge is 2.38. The number of methoxy groups -OCH3 is 1. The Morgan fingerprint density at radius 1 is 1.38 bits per heavy atom. The molecule has 0 unspecified atom stereocenters.